The molecule has 1 unspecified atom stereocenters. The lowest BCUT2D eigenvalue weighted by Crippen LogP contribution is -2.47. The lowest BCUT2D eigenvalue weighted by atomic mass is 10.1. The normalized spacial score (nSPS) is 19.9. The molecule has 6 nitrogen and oxygen atoms in total. The zero-order valence-corrected chi connectivity index (χ0v) is 18.6. The van der Waals surface area contributed by atoms with Crippen LogP contribution in [0.5, 0.6) is 0 Å². The van der Waals surface area contributed by atoms with Crippen LogP contribution in [-0.4, -0.2) is 78.9 Å². The number of halogens is 2. The van der Waals surface area contributed by atoms with E-state index in [1.54, 1.807) is 0 Å². The van der Waals surface area contributed by atoms with E-state index < -0.39 is 0 Å². The SMILES string of the molecule is CN1CCN(C(=O)Cc2cccc(NC(=O)CC3CSCCN3)c2)CC1.Cl.Cl. The van der Waals surface area contributed by atoms with E-state index in [4.69, 9.17) is 0 Å². The molecule has 1 aromatic rings. The van der Waals surface area contributed by atoms with Crippen molar-refractivity contribution < 1.29 is 9.59 Å². The zero-order valence-electron chi connectivity index (χ0n) is 16.2. The smallest absolute Gasteiger partial charge is 0.227 e. The first kappa shape index (κ1) is 25.0. The molecule has 0 saturated carbocycles. The van der Waals surface area contributed by atoms with Crippen LogP contribution < -0.4 is 10.6 Å². The summed E-state index contributed by atoms with van der Waals surface area (Å²) in [5, 5.41) is 6.35. The molecular weight excluding hydrogens is 419 g/mol. The molecule has 1 atom stereocenters. The van der Waals surface area contributed by atoms with Crippen LogP contribution in [0.1, 0.15) is 12.0 Å². The standard InChI is InChI=1S/C19H28N4O2S.2ClH/c1-22-6-8-23(9-7-22)19(25)12-15-3-2-4-16(11-15)21-18(24)13-17-14-26-10-5-20-17;;/h2-4,11,17,20H,5-10,12-14H2,1H3,(H,21,24);2*1H. The van der Waals surface area contributed by atoms with Gasteiger partial charge in [-0.05, 0) is 24.7 Å². The Hall–Kier alpha value is -0.990. The van der Waals surface area contributed by atoms with Gasteiger partial charge in [-0.2, -0.15) is 11.8 Å². The summed E-state index contributed by atoms with van der Waals surface area (Å²) in [6, 6.07) is 7.88. The summed E-state index contributed by atoms with van der Waals surface area (Å²) < 4.78 is 0. The fourth-order valence-corrected chi connectivity index (χ4v) is 4.24. The van der Waals surface area contributed by atoms with Gasteiger partial charge in [0.2, 0.25) is 11.8 Å². The molecule has 0 aromatic heterocycles. The predicted octanol–water partition coefficient (Wildman–Crippen LogP) is 1.88. The van der Waals surface area contributed by atoms with E-state index in [1.165, 1.54) is 0 Å². The molecule has 2 heterocycles. The van der Waals surface area contributed by atoms with Crippen LogP contribution in [0.3, 0.4) is 0 Å². The number of piperazine rings is 1. The fourth-order valence-electron chi connectivity index (χ4n) is 3.29. The van der Waals surface area contributed by atoms with E-state index in [2.05, 4.69) is 22.6 Å². The molecule has 0 radical (unpaired) electrons. The molecule has 0 bridgehead atoms. The van der Waals surface area contributed by atoms with E-state index in [1.807, 2.05) is 40.9 Å². The van der Waals surface area contributed by atoms with E-state index >= 15 is 0 Å². The van der Waals surface area contributed by atoms with Crippen LogP contribution >= 0.6 is 36.6 Å². The van der Waals surface area contributed by atoms with Crippen molar-refractivity contribution in [3.63, 3.8) is 0 Å². The van der Waals surface area contributed by atoms with Crippen LogP contribution in [-0.2, 0) is 16.0 Å². The summed E-state index contributed by atoms with van der Waals surface area (Å²) in [5.74, 6) is 2.27. The number of thioether (sulfide) groups is 1. The van der Waals surface area contributed by atoms with Crippen molar-refractivity contribution in [3.05, 3.63) is 29.8 Å². The number of carbonyl (C=O) groups excluding carboxylic acids is 2. The van der Waals surface area contributed by atoms with Crippen molar-refractivity contribution in [3.8, 4) is 0 Å². The Morgan fingerprint density at radius 1 is 1.21 bits per heavy atom. The zero-order chi connectivity index (χ0) is 18.4. The fraction of sp³-hybridized carbons (Fsp3) is 0.579. The summed E-state index contributed by atoms with van der Waals surface area (Å²) in [5.41, 5.74) is 1.71. The minimum absolute atomic E-state index is 0. The second-order valence-electron chi connectivity index (χ2n) is 7.04. The largest absolute Gasteiger partial charge is 0.340 e. The number of nitrogens with one attached hydrogen (secondary N) is 2. The van der Waals surface area contributed by atoms with Gasteiger partial charge in [-0.15, -0.1) is 24.8 Å². The first-order chi connectivity index (χ1) is 12.6. The van der Waals surface area contributed by atoms with Crippen LogP contribution in [0.25, 0.3) is 0 Å². The molecule has 3 rings (SSSR count). The predicted molar refractivity (Wildman–Crippen MR) is 121 cm³/mol. The molecule has 2 aliphatic rings. The Balaban J connectivity index is 0.00000196. The summed E-state index contributed by atoms with van der Waals surface area (Å²) in [6.45, 7) is 4.40. The van der Waals surface area contributed by atoms with Crippen molar-refractivity contribution >= 4 is 54.1 Å². The summed E-state index contributed by atoms with van der Waals surface area (Å²) in [4.78, 5) is 28.9. The highest BCUT2D eigenvalue weighted by Crippen LogP contribution is 2.15. The number of amides is 2. The Bertz CT molecular complexity index is 636. The molecule has 28 heavy (non-hydrogen) atoms. The van der Waals surface area contributed by atoms with E-state index in [-0.39, 0.29) is 42.7 Å². The van der Waals surface area contributed by atoms with Crippen molar-refractivity contribution in [2.45, 2.75) is 18.9 Å². The minimum atomic E-state index is 0. The van der Waals surface area contributed by atoms with Gasteiger partial charge in [-0.3, -0.25) is 9.59 Å². The molecule has 2 saturated heterocycles. The molecule has 2 aliphatic heterocycles. The molecule has 2 fully saturated rings. The van der Waals surface area contributed by atoms with Gasteiger partial charge in [-0.1, -0.05) is 12.1 Å². The number of carbonyl (C=O) groups is 2. The highest BCUT2D eigenvalue weighted by atomic mass is 35.5. The van der Waals surface area contributed by atoms with Gasteiger partial charge in [0.1, 0.15) is 0 Å². The number of rotatable bonds is 5. The van der Waals surface area contributed by atoms with Gasteiger partial charge in [0.05, 0.1) is 6.42 Å². The van der Waals surface area contributed by atoms with E-state index in [9.17, 15) is 9.59 Å². The summed E-state index contributed by atoms with van der Waals surface area (Å²) in [7, 11) is 2.08. The highest BCUT2D eigenvalue weighted by Gasteiger charge is 2.20. The molecule has 9 heteroatoms. The maximum atomic E-state index is 12.5. The Kier molecular flexibility index (Phi) is 11.2. The van der Waals surface area contributed by atoms with Gasteiger partial charge in [0.15, 0.2) is 0 Å². The van der Waals surface area contributed by atoms with Crippen LogP contribution in [0.2, 0.25) is 0 Å². The maximum Gasteiger partial charge on any atom is 0.227 e. The summed E-state index contributed by atoms with van der Waals surface area (Å²) >= 11 is 1.89. The molecule has 0 spiro atoms. The van der Waals surface area contributed by atoms with Crippen molar-refractivity contribution in [2.24, 2.45) is 0 Å². The Morgan fingerprint density at radius 2 is 1.96 bits per heavy atom. The second-order valence-corrected chi connectivity index (χ2v) is 8.19. The average Bonchev–Trinajstić information content (AvgIpc) is 2.63. The van der Waals surface area contributed by atoms with Gasteiger partial charge in [-0.25, -0.2) is 0 Å². The van der Waals surface area contributed by atoms with Crippen LogP contribution in [0.15, 0.2) is 24.3 Å². The second kappa shape index (κ2) is 12.5. The monoisotopic (exact) mass is 448 g/mol. The number of hydrogen-bond acceptors (Lipinski definition) is 5. The quantitative estimate of drug-likeness (QED) is 0.719. The number of anilines is 1. The first-order valence-corrected chi connectivity index (χ1v) is 10.4. The van der Waals surface area contributed by atoms with Gasteiger partial charge >= 0.3 is 0 Å². The minimum Gasteiger partial charge on any atom is -0.340 e. The van der Waals surface area contributed by atoms with Crippen molar-refractivity contribution in [2.75, 3.05) is 56.6 Å². The third-order valence-corrected chi connectivity index (χ3v) is 5.98. The third-order valence-electron chi connectivity index (χ3n) is 4.85. The topological polar surface area (TPSA) is 64.7 Å². The van der Waals surface area contributed by atoms with Gasteiger partial charge in [0, 0.05) is 62.4 Å². The molecular formula is C19H30Cl2N4O2S. The molecule has 2 amide bonds. The van der Waals surface area contributed by atoms with Crippen LogP contribution in [0, 0.1) is 0 Å². The van der Waals surface area contributed by atoms with E-state index in [0.717, 1.165) is 55.5 Å². The third kappa shape index (κ3) is 7.79. The number of hydrogen-bond donors (Lipinski definition) is 2. The first-order valence-electron chi connectivity index (χ1n) is 9.26. The lowest BCUT2D eigenvalue weighted by molar-refractivity contribution is -0.132. The molecule has 158 valence electrons. The number of benzene rings is 1. The lowest BCUT2D eigenvalue weighted by Gasteiger charge is -2.32. The summed E-state index contributed by atoms with van der Waals surface area (Å²) in [6.07, 6.45) is 0.867. The van der Waals surface area contributed by atoms with Crippen molar-refractivity contribution in [1.82, 2.24) is 15.1 Å². The highest BCUT2D eigenvalue weighted by molar-refractivity contribution is 7.99. The van der Waals surface area contributed by atoms with Gasteiger partial charge in [0.25, 0.3) is 0 Å². The molecule has 2 N–H and O–H groups in total. The average molecular weight is 449 g/mol. The molecule has 0 aliphatic carbocycles. The number of likely N-dealkylation sites (N-methyl/N-ethyl adjacent to an activating group) is 1. The van der Waals surface area contributed by atoms with E-state index in [0.29, 0.717) is 12.8 Å². The Morgan fingerprint density at radius 3 is 2.64 bits per heavy atom. The Labute approximate surface area is 184 Å². The molecule has 1 aromatic carbocycles. The number of nitrogens with zero attached hydrogens (tertiary/aromatic N) is 2. The maximum absolute atomic E-state index is 12.5. The van der Waals surface area contributed by atoms with Crippen molar-refractivity contribution in [1.29, 1.82) is 0 Å². The van der Waals surface area contributed by atoms with Crippen LogP contribution in [0.4, 0.5) is 5.69 Å². The van der Waals surface area contributed by atoms with Gasteiger partial charge < -0.3 is 20.4 Å².